The summed E-state index contributed by atoms with van der Waals surface area (Å²) in [6, 6.07) is 2.82. The lowest BCUT2D eigenvalue weighted by molar-refractivity contribution is -0.121. The molecule has 0 spiro atoms. The van der Waals surface area contributed by atoms with Gasteiger partial charge in [-0.2, -0.15) is 0 Å². The van der Waals surface area contributed by atoms with Crippen LogP contribution in [0.25, 0.3) is 0 Å². The monoisotopic (exact) mass is 269 g/mol. The second-order valence-electron chi connectivity index (χ2n) is 4.76. The molecule has 2 rings (SSSR count). The fourth-order valence-electron chi connectivity index (χ4n) is 2.17. The average Bonchev–Trinajstić information content (AvgIpc) is 2.37. The van der Waals surface area contributed by atoms with E-state index >= 15 is 0 Å². The number of anilines is 1. The van der Waals surface area contributed by atoms with Crippen molar-refractivity contribution >= 4 is 11.6 Å². The Kier molecular flexibility index (Phi) is 4.11. The van der Waals surface area contributed by atoms with Crippen molar-refractivity contribution in [2.45, 2.75) is 6.04 Å². The van der Waals surface area contributed by atoms with Crippen LogP contribution in [0.1, 0.15) is 0 Å². The van der Waals surface area contributed by atoms with Crippen LogP contribution in [0, 0.1) is 11.6 Å². The van der Waals surface area contributed by atoms with Crippen LogP contribution >= 0.6 is 0 Å². The summed E-state index contributed by atoms with van der Waals surface area (Å²) < 4.78 is 26.5. The van der Waals surface area contributed by atoms with E-state index in [1.165, 1.54) is 18.0 Å². The number of halogens is 2. The van der Waals surface area contributed by atoms with E-state index in [0.717, 1.165) is 18.7 Å². The van der Waals surface area contributed by atoms with Gasteiger partial charge in [-0.25, -0.2) is 8.78 Å². The Hall–Kier alpha value is -1.53. The molecule has 0 saturated carbocycles. The van der Waals surface area contributed by atoms with Gasteiger partial charge in [0.1, 0.15) is 17.7 Å². The van der Waals surface area contributed by atoms with E-state index < -0.39 is 11.6 Å². The summed E-state index contributed by atoms with van der Waals surface area (Å²) in [5, 5.41) is 3.10. The predicted octanol–water partition coefficient (Wildman–Crippen LogP) is 0.831. The highest BCUT2D eigenvalue weighted by Crippen LogP contribution is 2.19. The van der Waals surface area contributed by atoms with Gasteiger partial charge in [0, 0.05) is 32.7 Å². The van der Waals surface area contributed by atoms with Crippen LogP contribution in [0.4, 0.5) is 14.5 Å². The number of nitrogens with zero attached hydrogens (tertiary/aromatic N) is 2. The largest absolute Gasteiger partial charge is 0.311 e. The summed E-state index contributed by atoms with van der Waals surface area (Å²) in [5.74, 6) is -1.62. The maximum Gasteiger partial charge on any atom is 0.245 e. The molecular formula is C13H17F2N3O. The smallest absolute Gasteiger partial charge is 0.245 e. The number of piperazine rings is 1. The van der Waals surface area contributed by atoms with Crippen LogP contribution in [0.2, 0.25) is 0 Å². The number of rotatable bonds is 2. The lowest BCUT2D eigenvalue weighted by atomic mass is 10.1. The van der Waals surface area contributed by atoms with Crippen LogP contribution < -0.4 is 10.2 Å². The number of carbonyl (C=O) groups is 1. The molecule has 1 heterocycles. The van der Waals surface area contributed by atoms with Crippen molar-refractivity contribution in [3.63, 3.8) is 0 Å². The first-order chi connectivity index (χ1) is 8.99. The summed E-state index contributed by atoms with van der Waals surface area (Å²) in [4.78, 5) is 15.5. The summed E-state index contributed by atoms with van der Waals surface area (Å²) in [7, 11) is 3.43. The van der Waals surface area contributed by atoms with Gasteiger partial charge >= 0.3 is 0 Å². The van der Waals surface area contributed by atoms with E-state index in [0.29, 0.717) is 13.1 Å². The van der Waals surface area contributed by atoms with Crippen LogP contribution in [-0.4, -0.2) is 50.6 Å². The molecule has 1 saturated heterocycles. The van der Waals surface area contributed by atoms with Crippen LogP contribution in [0.5, 0.6) is 0 Å². The fourth-order valence-corrected chi connectivity index (χ4v) is 2.17. The van der Waals surface area contributed by atoms with Crippen molar-refractivity contribution in [2.24, 2.45) is 0 Å². The summed E-state index contributed by atoms with van der Waals surface area (Å²) in [6.45, 7) is 2.16. The minimum absolute atomic E-state index is 0.0847. The third-order valence-corrected chi connectivity index (χ3v) is 3.28. The Balaban J connectivity index is 2.14. The molecule has 1 aliphatic rings. The molecule has 19 heavy (non-hydrogen) atoms. The number of hydrogen-bond donors (Lipinski definition) is 1. The highest BCUT2D eigenvalue weighted by Gasteiger charge is 2.27. The second kappa shape index (κ2) is 5.63. The molecule has 1 aromatic carbocycles. The number of nitrogens with one attached hydrogen (secondary N) is 1. The maximum atomic E-state index is 13.6. The van der Waals surface area contributed by atoms with Crippen molar-refractivity contribution in [3.8, 4) is 0 Å². The van der Waals surface area contributed by atoms with Gasteiger partial charge in [-0.15, -0.1) is 0 Å². The molecule has 1 unspecified atom stereocenters. The van der Waals surface area contributed by atoms with E-state index in [9.17, 15) is 13.6 Å². The van der Waals surface area contributed by atoms with E-state index in [2.05, 4.69) is 5.32 Å². The van der Waals surface area contributed by atoms with Gasteiger partial charge in [0.15, 0.2) is 0 Å². The lowest BCUT2D eigenvalue weighted by Gasteiger charge is -2.32. The zero-order valence-corrected chi connectivity index (χ0v) is 11.0. The minimum atomic E-state index is -0.736. The van der Waals surface area contributed by atoms with Gasteiger partial charge in [-0.05, 0) is 19.2 Å². The van der Waals surface area contributed by atoms with Crippen LogP contribution in [-0.2, 0) is 4.79 Å². The van der Waals surface area contributed by atoms with Crippen molar-refractivity contribution in [1.82, 2.24) is 10.2 Å². The molecule has 0 radical (unpaired) electrons. The quantitative estimate of drug-likeness (QED) is 0.864. The molecule has 1 N–H and O–H groups in total. The molecule has 1 aliphatic heterocycles. The zero-order chi connectivity index (χ0) is 14.0. The van der Waals surface area contributed by atoms with Gasteiger partial charge < -0.3 is 15.1 Å². The van der Waals surface area contributed by atoms with Gasteiger partial charge in [0.25, 0.3) is 0 Å². The molecular weight excluding hydrogens is 252 g/mol. The number of hydrogen-bond acceptors (Lipinski definition) is 3. The van der Waals surface area contributed by atoms with Gasteiger partial charge in [-0.3, -0.25) is 4.79 Å². The first-order valence-electron chi connectivity index (χ1n) is 6.13. The van der Waals surface area contributed by atoms with Crippen molar-refractivity contribution < 1.29 is 13.6 Å². The van der Waals surface area contributed by atoms with E-state index in [4.69, 9.17) is 0 Å². The average molecular weight is 269 g/mol. The Bertz CT molecular complexity index is 481. The molecule has 1 fully saturated rings. The minimum Gasteiger partial charge on any atom is -0.311 e. The van der Waals surface area contributed by atoms with Crippen LogP contribution in [0.15, 0.2) is 18.2 Å². The molecule has 104 valence electrons. The Morgan fingerprint density at radius 3 is 2.84 bits per heavy atom. The Morgan fingerprint density at radius 1 is 1.47 bits per heavy atom. The molecule has 0 aromatic heterocycles. The predicted molar refractivity (Wildman–Crippen MR) is 69.1 cm³/mol. The first-order valence-corrected chi connectivity index (χ1v) is 6.13. The molecule has 1 aromatic rings. The molecule has 1 amide bonds. The summed E-state index contributed by atoms with van der Waals surface area (Å²) in [5.41, 5.74) is 0.0847. The SMILES string of the molecule is CN1CCNC(C(=O)N(C)c2ccc(F)cc2F)C1. The highest BCUT2D eigenvalue weighted by atomic mass is 19.1. The Morgan fingerprint density at radius 2 is 2.21 bits per heavy atom. The molecule has 1 atom stereocenters. The van der Waals surface area contributed by atoms with E-state index in [1.807, 2.05) is 11.9 Å². The molecule has 6 heteroatoms. The second-order valence-corrected chi connectivity index (χ2v) is 4.76. The molecule has 0 bridgehead atoms. The van der Waals surface area contributed by atoms with Gasteiger partial charge in [-0.1, -0.05) is 0 Å². The highest BCUT2D eigenvalue weighted by molar-refractivity contribution is 5.97. The lowest BCUT2D eigenvalue weighted by Crippen LogP contribution is -2.56. The Labute approximate surface area is 111 Å². The van der Waals surface area contributed by atoms with E-state index in [-0.39, 0.29) is 17.6 Å². The summed E-state index contributed by atoms with van der Waals surface area (Å²) in [6.07, 6.45) is 0. The maximum absolute atomic E-state index is 13.6. The topological polar surface area (TPSA) is 35.6 Å². The molecule has 4 nitrogen and oxygen atoms in total. The number of likely N-dealkylation sites (N-methyl/N-ethyl adjacent to an activating group) is 2. The number of amides is 1. The van der Waals surface area contributed by atoms with Crippen LogP contribution in [0.3, 0.4) is 0 Å². The van der Waals surface area contributed by atoms with Crippen molar-refractivity contribution in [2.75, 3.05) is 38.6 Å². The van der Waals surface area contributed by atoms with Crippen molar-refractivity contribution in [3.05, 3.63) is 29.8 Å². The zero-order valence-electron chi connectivity index (χ0n) is 11.0. The van der Waals surface area contributed by atoms with Crippen molar-refractivity contribution in [1.29, 1.82) is 0 Å². The summed E-state index contributed by atoms with van der Waals surface area (Å²) >= 11 is 0. The third-order valence-electron chi connectivity index (χ3n) is 3.28. The third kappa shape index (κ3) is 3.08. The fraction of sp³-hybridized carbons (Fsp3) is 0.462. The normalized spacial score (nSPS) is 20.3. The number of carbonyl (C=O) groups excluding carboxylic acids is 1. The van der Waals surface area contributed by atoms with Gasteiger partial charge in [0.05, 0.1) is 5.69 Å². The number of benzene rings is 1. The molecule has 0 aliphatic carbocycles. The standard InChI is InChI=1S/C13H17F2N3O/c1-17-6-5-16-11(8-17)13(19)18(2)12-4-3-9(14)7-10(12)15/h3-4,7,11,16H,5-6,8H2,1-2H3. The van der Waals surface area contributed by atoms with E-state index in [1.54, 1.807) is 0 Å². The van der Waals surface area contributed by atoms with Gasteiger partial charge in [0.2, 0.25) is 5.91 Å². The first kappa shape index (κ1) is 13.9.